The molecule has 0 saturated carbocycles. The third-order valence-corrected chi connectivity index (χ3v) is 2.41. The van der Waals surface area contributed by atoms with Gasteiger partial charge in [0.2, 0.25) is 5.91 Å². The van der Waals surface area contributed by atoms with Crippen molar-refractivity contribution in [1.29, 1.82) is 0 Å². The molecule has 0 bridgehead atoms. The minimum atomic E-state index is -0.544. The second kappa shape index (κ2) is 6.34. The molecule has 0 aromatic carbocycles. The molecule has 2 amide bonds. The van der Waals surface area contributed by atoms with Crippen LogP contribution < -0.4 is 10.7 Å². The monoisotopic (exact) mass is 241 g/mol. The molecule has 1 aliphatic heterocycles. The summed E-state index contributed by atoms with van der Waals surface area (Å²) in [6.07, 6.45) is 0.722. The summed E-state index contributed by atoms with van der Waals surface area (Å²) >= 11 is 0. The molecular weight excluding hydrogens is 222 g/mol. The minimum Gasteiger partial charge on any atom is -0.391 e. The predicted octanol–water partition coefficient (Wildman–Crippen LogP) is -0.224. The second-order valence-corrected chi connectivity index (χ2v) is 4.59. The number of carbonyl (C=O) groups is 2. The average Bonchev–Trinajstić information content (AvgIpc) is 2.26. The normalized spacial score (nSPS) is 17.4. The van der Waals surface area contributed by atoms with E-state index in [1.54, 1.807) is 0 Å². The molecule has 0 saturated heterocycles. The summed E-state index contributed by atoms with van der Waals surface area (Å²) < 4.78 is 0. The number of hydrazone groups is 1. The van der Waals surface area contributed by atoms with Gasteiger partial charge in [-0.25, -0.2) is 5.43 Å². The first kappa shape index (κ1) is 13.6. The van der Waals surface area contributed by atoms with Crippen LogP contribution in [0.5, 0.6) is 0 Å². The Morgan fingerprint density at radius 1 is 1.53 bits per heavy atom. The fraction of sp³-hybridized carbons (Fsp3) is 0.727. The van der Waals surface area contributed by atoms with Crippen LogP contribution in [-0.2, 0) is 9.59 Å². The maximum atomic E-state index is 11.6. The van der Waals surface area contributed by atoms with E-state index in [-0.39, 0.29) is 24.8 Å². The van der Waals surface area contributed by atoms with Gasteiger partial charge in [-0.05, 0) is 12.3 Å². The minimum absolute atomic E-state index is 0.179. The van der Waals surface area contributed by atoms with Gasteiger partial charge in [0, 0.05) is 19.4 Å². The SMILES string of the molecule is CC(C)CC(O)CNC(=O)C1=NNC(=O)CC1. The predicted molar refractivity (Wildman–Crippen MR) is 63.3 cm³/mol. The van der Waals surface area contributed by atoms with Crippen molar-refractivity contribution in [2.24, 2.45) is 11.0 Å². The standard InChI is InChI=1S/C11H19N3O3/c1-7(2)5-8(15)6-12-11(17)9-3-4-10(16)14-13-9/h7-8,15H,3-6H2,1-2H3,(H,12,17)(H,14,16). The molecule has 0 aliphatic carbocycles. The Kier molecular flexibility index (Phi) is 5.09. The van der Waals surface area contributed by atoms with E-state index in [1.165, 1.54) is 0 Å². The van der Waals surface area contributed by atoms with Gasteiger partial charge in [0.15, 0.2) is 0 Å². The number of hydrogen-bond donors (Lipinski definition) is 3. The smallest absolute Gasteiger partial charge is 0.267 e. The van der Waals surface area contributed by atoms with E-state index in [0.29, 0.717) is 24.5 Å². The fourth-order valence-electron chi connectivity index (χ4n) is 1.58. The van der Waals surface area contributed by atoms with Crippen LogP contribution in [-0.4, -0.2) is 35.3 Å². The highest BCUT2D eigenvalue weighted by molar-refractivity contribution is 6.39. The van der Waals surface area contributed by atoms with Crippen LogP contribution in [0.4, 0.5) is 0 Å². The zero-order valence-electron chi connectivity index (χ0n) is 10.2. The molecule has 0 aromatic heterocycles. The summed E-state index contributed by atoms with van der Waals surface area (Å²) in [6, 6.07) is 0. The molecule has 1 rings (SSSR count). The molecule has 6 nitrogen and oxygen atoms in total. The Labute approximate surface area is 100 Å². The molecule has 1 atom stereocenters. The highest BCUT2D eigenvalue weighted by Gasteiger charge is 2.18. The van der Waals surface area contributed by atoms with Gasteiger partial charge in [-0.15, -0.1) is 0 Å². The lowest BCUT2D eigenvalue weighted by molar-refractivity contribution is -0.121. The van der Waals surface area contributed by atoms with E-state index < -0.39 is 6.10 Å². The lowest BCUT2D eigenvalue weighted by atomic mass is 10.1. The molecule has 17 heavy (non-hydrogen) atoms. The number of nitrogens with one attached hydrogen (secondary N) is 2. The molecule has 6 heteroatoms. The van der Waals surface area contributed by atoms with Gasteiger partial charge in [-0.3, -0.25) is 9.59 Å². The first-order chi connectivity index (χ1) is 7.99. The van der Waals surface area contributed by atoms with Crippen LogP contribution >= 0.6 is 0 Å². The van der Waals surface area contributed by atoms with Crippen molar-refractivity contribution in [1.82, 2.24) is 10.7 Å². The van der Waals surface area contributed by atoms with Crippen LogP contribution in [0, 0.1) is 5.92 Å². The first-order valence-electron chi connectivity index (χ1n) is 5.80. The van der Waals surface area contributed by atoms with Crippen molar-refractivity contribution in [3.63, 3.8) is 0 Å². The van der Waals surface area contributed by atoms with E-state index in [1.807, 2.05) is 13.8 Å². The molecule has 0 spiro atoms. The van der Waals surface area contributed by atoms with Crippen molar-refractivity contribution in [3.8, 4) is 0 Å². The summed E-state index contributed by atoms with van der Waals surface area (Å²) in [5, 5.41) is 15.9. The number of amides is 2. The summed E-state index contributed by atoms with van der Waals surface area (Å²) in [5.74, 6) is -0.123. The van der Waals surface area contributed by atoms with E-state index in [4.69, 9.17) is 0 Å². The second-order valence-electron chi connectivity index (χ2n) is 4.59. The summed E-state index contributed by atoms with van der Waals surface area (Å²) in [7, 11) is 0. The van der Waals surface area contributed by atoms with E-state index in [9.17, 15) is 14.7 Å². The topological polar surface area (TPSA) is 90.8 Å². The highest BCUT2D eigenvalue weighted by atomic mass is 16.3. The Balaban J connectivity index is 2.32. The zero-order valence-corrected chi connectivity index (χ0v) is 10.2. The number of hydrogen-bond acceptors (Lipinski definition) is 4. The Hall–Kier alpha value is -1.43. The number of nitrogens with zero attached hydrogens (tertiary/aromatic N) is 1. The van der Waals surface area contributed by atoms with Gasteiger partial charge in [-0.1, -0.05) is 13.8 Å². The van der Waals surface area contributed by atoms with Crippen LogP contribution in [0.2, 0.25) is 0 Å². The van der Waals surface area contributed by atoms with E-state index >= 15 is 0 Å². The maximum Gasteiger partial charge on any atom is 0.267 e. The molecule has 0 aromatic rings. The Bertz CT molecular complexity index is 326. The van der Waals surface area contributed by atoms with Gasteiger partial charge in [-0.2, -0.15) is 5.10 Å². The van der Waals surface area contributed by atoms with Crippen molar-refractivity contribution < 1.29 is 14.7 Å². The quantitative estimate of drug-likeness (QED) is 0.621. The lowest BCUT2D eigenvalue weighted by Crippen LogP contribution is -2.40. The van der Waals surface area contributed by atoms with Gasteiger partial charge in [0.05, 0.1) is 6.10 Å². The van der Waals surface area contributed by atoms with Crippen molar-refractivity contribution >= 4 is 17.5 Å². The van der Waals surface area contributed by atoms with E-state index in [2.05, 4.69) is 15.8 Å². The fourth-order valence-corrected chi connectivity index (χ4v) is 1.58. The third kappa shape index (κ3) is 4.95. The Morgan fingerprint density at radius 2 is 2.24 bits per heavy atom. The Morgan fingerprint density at radius 3 is 2.76 bits per heavy atom. The van der Waals surface area contributed by atoms with Crippen molar-refractivity contribution in [2.75, 3.05) is 6.54 Å². The summed E-state index contributed by atoms with van der Waals surface area (Å²) in [6.45, 7) is 4.22. The van der Waals surface area contributed by atoms with Gasteiger partial charge in [0.25, 0.3) is 5.91 Å². The lowest BCUT2D eigenvalue weighted by Gasteiger charge is -2.15. The molecule has 1 heterocycles. The average molecular weight is 241 g/mol. The van der Waals surface area contributed by atoms with Gasteiger partial charge in [0.1, 0.15) is 5.71 Å². The molecular formula is C11H19N3O3. The number of aliphatic hydroxyl groups is 1. The van der Waals surface area contributed by atoms with Gasteiger partial charge >= 0.3 is 0 Å². The maximum absolute atomic E-state index is 11.6. The van der Waals surface area contributed by atoms with Gasteiger partial charge < -0.3 is 10.4 Å². The molecule has 3 N–H and O–H groups in total. The van der Waals surface area contributed by atoms with Crippen LogP contribution in [0.1, 0.15) is 33.1 Å². The summed E-state index contributed by atoms with van der Waals surface area (Å²) in [5.41, 5.74) is 2.57. The largest absolute Gasteiger partial charge is 0.391 e. The first-order valence-corrected chi connectivity index (χ1v) is 5.80. The van der Waals surface area contributed by atoms with E-state index in [0.717, 1.165) is 0 Å². The number of carbonyl (C=O) groups excluding carboxylic acids is 2. The molecule has 1 aliphatic rings. The van der Waals surface area contributed by atoms with Crippen molar-refractivity contribution in [3.05, 3.63) is 0 Å². The molecule has 0 fully saturated rings. The van der Waals surface area contributed by atoms with Crippen LogP contribution in [0.25, 0.3) is 0 Å². The molecule has 96 valence electrons. The van der Waals surface area contributed by atoms with Crippen LogP contribution in [0.15, 0.2) is 5.10 Å². The third-order valence-electron chi connectivity index (χ3n) is 2.41. The molecule has 0 radical (unpaired) electrons. The van der Waals surface area contributed by atoms with Crippen molar-refractivity contribution in [2.45, 2.75) is 39.2 Å². The number of rotatable bonds is 5. The molecule has 1 unspecified atom stereocenters. The summed E-state index contributed by atoms with van der Waals surface area (Å²) in [4.78, 5) is 22.4. The highest BCUT2D eigenvalue weighted by Crippen LogP contribution is 2.04. The zero-order chi connectivity index (χ0) is 12.8. The van der Waals surface area contributed by atoms with Crippen LogP contribution in [0.3, 0.4) is 0 Å². The number of aliphatic hydroxyl groups excluding tert-OH is 1.